The average molecular weight is 2020 g/mol. The first-order valence-electron chi connectivity index (χ1n) is 44.4. The van der Waals surface area contributed by atoms with Gasteiger partial charge in [-0.1, -0.05) is 254 Å². The molecule has 0 heterocycles. The number of aryl methyl sites for hydroxylation is 2. The van der Waals surface area contributed by atoms with E-state index < -0.39 is 69.4 Å². The van der Waals surface area contributed by atoms with Gasteiger partial charge in [0, 0.05) is 44.5 Å². The molecule has 0 bridgehead atoms. The second-order valence-electron chi connectivity index (χ2n) is 33.4. The molecule has 22 nitrogen and oxygen atoms in total. The fraction of sp³-hybridized carbons (Fsp3) is 0.0345. The van der Waals surface area contributed by atoms with Crippen LogP contribution in [0.15, 0.2) is 474 Å². The minimum absolute atomic E-state index is 0.0214. The Bertz CT molecular complexity index is 8710. The third kappa shape index (κ3) is 22.0. The van der Waals surface area contributed by atoms with Crippen LogP contribution in [0.3, 0.4) is 0 Å². The summed E-state index contributed by atoms with van der Waals surface area (Å²) in [6, 6.07) is 114. The number of hydrogen-bond acceptors (Lipinski definition) is 20. The van der Waals surface area contributed by atoms with Crippen LogP contribution in [0.25, 0.3) is 66.8 Å². The van der Waals surface area contributed by atoms with E-state index in [9.17, 15) is 78.8 Å². The first-order chi connectivity index (χ1) is 68.9. The largest absolute Gasteiger partial charge is 0.497 e. The van der Waals surface area contributed by atoms with Crippen LogP contribution in [0, 0.1) is 13.8 Å². The van der Waals surface area contributed by atoms with Crippen LogP contribution in [-0.2, 0) is 59.6 Å². The van der Waals surface area contributed by atoms with Crippen molar-refractivity contribution in [1.82, 2.24) is 0 Å². The lowest BCUT2D eigenvalue weighted by Gasteiger charge is -2.13. The molecule has 0 aliphatic carbocycles. The summed E-state index contributed by atoms with van der Waals surface area (Å²) in [6.07, 6.45) is 0. The summed E-state index contributed by atoms with van der Waals surface area (Å²) in [5, 5.41) is 0. The fourth-order valence-electron chi connectivity index (χ4n) is 16.0. The molecule has 0 spiro atoms. The quantitative estimate of drug-likeness (QED) is 0.0312. The van der Waals surface area contributed by atoms with Gasteiger partial charge in [-0.25, -0.2) is 33.7 Å². The molecule has 0 aromatic heterocycles. The number of rotatable bonds is 30. The van der Waals surface area contributed by atoms with E-state index in [4.69, 9.17) is 18.9 Å². The molecule has 0 amide bonds. The first kappa shape index (κ1) is 99.0. The second-order valence-corrected chi connectivity index (χ2v) is 44.0. The molecular weight excluding hydrogens is 1940 g/mol. The summed E-state index contributed by atoms with van der Waals surface area (Å²) in [4.78, 5) is 54.2. The third-order valence-electron chi connectivity index (χ3n) is 24.0. The molecule has 18 rings (SSSR count). The van der Waals surface area contributed by atoms with Crippen LogP contribution in [0.4, 0.5) is 0 Å². The normalized spacial score (nSPS) is 11.7. The van der Waals surface area contributed by atoms with E-state index in [0.29, 0.717) is 67.1 Å². The highest BCUT2D eigenvalue weighted by atomic mass is 32.2. The Hall–Kier alpha value is -16.5. The Morgan fingerprint density at radius 3 is 0.632 bits per heavy atom. The van der Waals surface area contributed by atoms with Crippen LogP contribution in [0.2, 0.25) is 0 Å². The molecule has 0 saturated heterocycles. The topological polar surface area (TPSA) is 350 Å². The molecule has 144 heavy (non-hydrogen) atoms. The van der Waals surface area contributed by atoms with Crippen molar-refractivity contribution in [2.75, 3.05) is 14.2 Å². The number of carbonyl (C=O) groups excluding carboxylic acids is 4. The minimum atomic E-state index is -4.92. The highest BCUT2D eigenvalue weighted by Crippen LogP contribution is 2.40. The smallest absolute Gasteiger partial charge is 0.298 e. The standard InChI is InChI=1S/C58H42O14S4.C58H42O8S2/c1-37-6-24-49(25-7-37)73(61,62)50-26-16-40(17-27-50)38-8-12-42(13-9-38)57(59)46-4-3-5-47(34-46)58(60)43-14-10-39(11-15-43)41-18-28-51(29-19-41)74(63,64)52-30-22-48(23-31-52)72-54-33-21-45(36-56(54)76(68,69)70)44-20-32-53(71-2)55(35-44)75(65,66)67;1-39-6-30-53(31-7-39)67(61,62)54-32-20-44(21-33-54)40-8-12-46(13-9-40)57(59)48-4-3-5-49(38-48)58(60)47-14-10-41(11-15-47)45-22-34-55(35-23-45)68(63,64)56-36-28-52(29-37-56)66-51-26-18-43(19-27-51)42-16-24-50(65-2)25-17-42/h3-36H,1-2H3,(H,65,66,67)(H,68,69,70);3-38H,1-2H3. The van der Waals surface area contributed by atoms with Crippen LogP contribution in [0.5, 0.6) is 34.5 Å². The van der Waals surface area contributed by atoms with Crippen molar-refractivity contribution < 1.29 is 97.7 Å². The van der Waals surface area contributed by atoms with Gasteiger partial charge in [0.15, 0.2) is 23.1 Å². The van der Waals surface area contributed by atoms with Gasteiger partial charge in [0.05, 0.1) is 53.4 Å². The van der Waals surface area contributed by atoms with Crippen LogP contribution in [-0.4, -0.2) is 97.0 Å². The summed E-state index contributed by atoms with van der Waals surface area (Å²) in [7, 11) is -22.0. The fourth-order valence-corrected chi connectivity index (χ4v) is 22.3. The van der Waals surface area contributed by atoms with E-state index in [0.717, 1.165) is 73.5 Å². The Morgan fingerprint density at radius 1 is 0.194 bits per heavy atom. The Morgan fingerprint density at radius 2 is 0.389 bits per heavy atom. The zero-order valence-electron chi connectivity index (χ0n) is 76.9. The second kappa shape index (κ2) is 41.3. The van der Waals surface area contributed by atoms with Gasteiger partial charge < -0.3 is 18.9 Å². The molecule has 0 aliphatic heterocycles. The molecule has 0 atom stereocenters. The molecule has 716 valence electrons. The van der Waals surface area contributed by atoms with Gasteiger partial charge in [0.2, 0.25) is 39.3 Å². The van der Waals surface area contributed by atoms with Gasteiger partial charge in [-0.3, -0.25) is 28.3 Å². The first-order valence-corrected chi connectivity index (χ1v) is 53.2. The summed E-state index contributed by atoms with van der Waals surface area (Å²) in [6.45, 7) is 3.79. The number of ether oxygens (including phenoxy) is 4. The van der Waals surface area contributed by atoms with E-state index >= 15 is 0 Å². The number of benzene rings is 18. The molecule has 18 aromatic rings. The molecule has 18 aromatic carbocycles. The lowest BCUT2D eigenvalue weighted by Crippen LogP contribution is -2.06. The van der Waals surface area contributed by atoms with Gasteiger partial charge in [-0.15, -0.1) is 0 Å². The molecule has 0 saturated carbocycles. The van der Waals surface area contributed by atoms with Crippen molar-refractivity contribution in [3.8, 4) is 101 Å². The molecule has 28 heteroatoms. The monoisotopic (exact) mass is 2020 g/mol. The molecule has 0 unspecified atom stereocenters. The van der Waals surface area contributed by atoms with Crippen LogP contribution < -0.4 is 18.9 Å². The SMILES string of the molecule is COc1ccc(-c2ccc(Oc3ccc(S(=O)(=O)c4ccc(-c5ccc(C(=O)c6cccc(C(=O)c7ccc(-c8ccc(S(=O)(=O)c9ccc(C)cc9)cc8)cc7)c6)cc5)cc4)cc3)c(S(=O)(=O)O)c2)cc1S(=O)(=O)O.COc1ccc(-c2ccc(Oc3ccc(S(=O)(=O)c4ccc(-c5ccc(C(=O)c6cccc(C(=O)c7ccc(-c8ccc(S(=O)(=O)c9ccc(C)cc9)cc8)cc7)c6)cc5)cc4)cc3)cc2)cc1. The minimum Gasteiger partial charge on any atom is -0.497 e. The van der Waals surface area contributed by atoms with Crippen molar-refractivity contribution in [2.45, 2.75) is 62.8 Å². The summed E-state index contributed by atoms with van der Waals surface area (Å²) < 4.78 is 198. The molecule has 2 N–H and O–H groups in total. The number of hydrogen-bond donors (Lipinski definition) is 2. The van der Waals surface area contributed by atoms with E-state index in [1.54, 1.807) is 292 Å². The highest BCUT2D eigenvalue weighted by molar-refractivity contribution is 7.92. The van der Waals surface area contributed by atoms with Gasteiger partial charge in [0.1, 0.15) is 44.3 Å². The van der Waals surface area contributed by atoms with Gasteiger partial charge in [-0.05, 0) is 263 Å². The predicted octanol–water partition coefficient (Wildman–Crippen LogP) is 24.3. The maximum atomic E-state index is 13.7. The number of ketones is 4. The molecule has 0 fully saturated rings. The van der Waals surface area contributed by atoms with Crippen molar-refractivity contribution >= 4 is 82.7 Å². The van der Waals surface area contributed by atoms with Crippen molar-refractivity contribution in [3.05, 3.63) is 480 Å². The van der Waals surface area contributed by atoms with Crippen LogP contribution >= 0.6 is 0 Å². The highest BCUT2D eigenvalue weighted by Gasteiger charge is 2.28. The lowest BCUT2D eigenvalue weighted by atomic mass is 9.95. The zero-order chi connectivity index (χ0) is 102. The number of sulfone groups is 4. The molecule has 0 radical (unpaired) electrons. The molecule has 0 aliphatic rings. The van der Waals surface area contributed by atoms with Gasteiger partial charge in [0.25, 0.3) is 20.2 Å². The predicted molar refractivity (Wildman–Crippen MR) is 548 cm³/mol. The van der Waals surface area contributed by atoms with Gasteiger partial charge >= 0.3 is 0 Å². The Balaban J connectivity index is 0.000000199. The summed E-state index contributed by atoms with van der Waals surface area (Å²) in [5.74, 6) is 0.335. The van der Waals surface area contributed by atoms with Crippen molar-refractivity contribution in [3.63, 3.8) is 0 Å². The Kier molecular flexibility index (Phi) is 28.4. The zero-order valence-corrected chi connectivity index (χ0v) is 81.8. The van der Waals surface area contributed by atoms with E-state index in [1.807, 2.05) is 62.4 Å². The summed E-state index contributed by atoms with van der Waals surface area (Å²) in [5.41, 5.74) is 13.3. The van der Waals surface area contributed by atoms with E-state index in [-0.39, 0.29) is 90.7 Å². The summed E-state index contributed by atoms with van der Waals surface area (Å²) >= 11 is 0. The number of carbonyl (C=O) groups is 4. The van der Waals surface area contributed by atoms with E-state index in [1.165, 1.54) is 86.0 Å². The molecular formula is C116H84O22S6. The maximum Gasteiger partial charge on any atom is 0.298 e. The van der Waals surface area contributed by atoms with Crippen molar-refractivity contribution in [2.24, 2.45) is 0 Å². The Labute approximate surface area is 832 Å². The van der Waals surface area contributed by atoms with Crippen LogP contribution in [0.1, 0.15) is 74.8 Å². The maximum absolute atomic E-state index is 13.7. The third-order valence-corrected chi connectivity index (χ3v) is 32.9. The lowest BCUT2D eigenvalue weighted by molar-refractivity contribution is 0.102. The number of methoxy groups -OCH3 is 2. The van der Waals surface area contributed by atoms with Crippen molar-refractivity contribution in [1.29, 1.82) is 0 Å². The van der Waals surface area contributed by atoms with Gasteiger partial charge in [-0.2, -0.15) is 16.8 Å². The van der Waals surface area contributed by atoms with E-state index in [2.05, 4.69) is 0 Å². The average Bonchev–Trinajstić information content (AvgIpc) is 0.879.